The van der Waals surface area contributed by atoms with Gasteiger partial charge in [-0.3, -0.25) is 4.79 Å². The van der Waals surface area contributed by atoms with Crippen molar-refractivity contribution >= 4 is 16.0 Å². The second-order valence-corrected chi connectivity index (χ2v) is 6.52. The quantitative estimate of drug-likeness (QED) is 0.862. The average molecular weight is 301 g/mol. The number of benzene rings is 1. The van der Waals surface area contributed by atoms with Crippen LogP contribution >= 0.6 is 0 Å². The molecule has 0 amide bonds. The highest BCUT2D eigenvalue weighted by Gasteiger charge is 2.42. The zero-order valence-electron chi connectivity index (χ0n) is 12.0. The maximum Gasteiger partial charge on any atom is 0.324 e. The Hall–Kier alpha value is -1.60. The summed E-state index contributed by atoms with van der Waals surface area (Å²) in [7, 11) is -2.60. The van der Waals surface area contributed by atoms with E-state index in [1.807, 2.05) is 0 Å². The second kappa shape index (κ2) is 5.80. The topological polar surface area (TPSA) is 83.9 Å². The summed E-state index contributed by atoms with van der Waals surface area (Å²) in [6.45, 7) is 4.34. The SMILES string of the molecule is CCN(C(C)(C)C(=O)O)S(=O)(=O)c1ccccc1OC. The lowest BCUT2D eigenvalue weighted by Crippen LogP contribution is -2.52. The molecule has 0 fully saturated rings. The predicted octanol–water partition coefficient (Wildman–Crippen LogP) is 1.57. The minimum Gasteiger partial charge on any atom is -0.495 e. The van der Waals surface area contributed by atoms with Crippen molar-refractivity contribution in [2.24, 2.45) is 0 Å². The molecule has 0 aliphatic carbocycles. The van der Waals surface area contributed by atoms with E-state index in [9.17, 15) is 18.3 Å². The smallest absolute Gasteiger partial charge is 0.324 e. The van der Waals surface area contributed by atoms with Crippen molar-refractivity contribution in [2.45, 2.75) is 31.2 Å². The van der Waals surface area contributed by atoms with Crippen LogP contribution in [0.1, 0.15) is 20.8 Å². The van der Waals surface area contributed by atoms with Crippen LogP contribution < -0.4 is 4.74 Å². The van der Waals surface area contributed by atoms with Gasteiger partial charge in [-0.2, -0.15) is 4.31 Å². The van der Waals surface area contributed by atoms with E-state index in [1.54, 1.807) is 19.1 Å². The van der Waals surface area contributed by atoms with Crippen molar-refractivity contribution < 1.29 is 23.1 Å². The number of carboxylic acids is 1. The third kappa shape index (κ3) is 2.78. The molecule has 7 heteroatoms. The fourth-order valence-electron chi connectivity index (χ4n) is 1.92. The van der Waals surface area contributed by atoms with Gasteiger partial charge in [-0.1, -0.05) is 19.1 Å². The summed E-state index contributed by atoms with van der Waals surface area (Å²) in [4.78, 5) is 11.3. The molecular formula is C13H19NO5S. The highest BCUT2D eigenvalue weighted by Crippen LogP contribution is 2.30. The monoisotopic (exact) mass is 301 g/mol. The lowest BCUT2D eigenvalue weighted by molar-refractivity contribution is -0.146. The van der Waals surface area contributed by atoms with Crippen LogP contribution in [0.4, 0.5) is 0 Å². The summed E-state index contributed by atoms with van der Waals surface area (Å²) in [5.41, 5.74) is -1.55. The number of ether oxygens (including phenoxy) is 1. The van der Waals surface area contributed by atoms with E-state index in [0.29, 0.717) is 0 Å². The maximum absolute atomic E-state index is 12.7. The van der Waals surface area contributed by atoms with Crippen molar-refractivity contribution in [1.82, 2.24) is 4.31 Å². The van der Waals surface area contributed by atoms with Gasteiger partial charge in [0.15, 0.2) is 0 Å². The molecule has 0 bridgehead atoms. The number of methoxy groups -OCH3 is 1. The van der Waals surface area contributed by atoms with Gasteiger partial charge in [0.1, 0.15) is 16.2 Å². The van der Waals surface area contributed by atoms with E-state index in [2.05, 4.69) is 0 Å². The molecule has 0 aliphatic rings. The first-order valence-electron chi connectivity index (χ1n) is 6.08. The lowest BCUT2D eigenvalue weighted by atomic mass is 10.1. The van der Waals surface area contributed by atoms with E-state index < -0.39 is 21.5 Å². The van der Waals surface area contributed by atoms with Gasteiger partial charge in [0.25, 0.3) is 0 Å². The highest BCUT2D eigenvalue weighted by molar-refractivity contribution is 7.89. The molecule has 0 heterocycles. The molecule has 0 saturated heterocycles. The van der Waals surface area contributed by atoms with Gasteiger partial charge in [0.2, 0.25) is 10.0 Å². The number of hydrogen-bond acceptors (Lipinski definition) is 4. The second-order valence-electron chi connectivity index (χ2n) is 4.68. The first-order valence-corrected chi connectivity index (χ1v) is 7.52. The fraction of sp³-hybridized carbons (Fsp3) is 0.462. The Morgan fingerprint density at radius 3 is 2.35 bits per heavy atom. The van der Waals surface area contributed by atoms with Crippen LogP contribution in [0.5, 0.6) is 5.75 Å². The Balaban J connectivity index is 3.44. The third-order valence-corrected chi connectivity index (χ3v) is 5.26. The van der Waals surface area contributed by atoms with Crippen molar-refractivity contribution in [2.75, 3.05) is 13.7 Å². The lowest BCUT2D eigenvalue weighted by Gasteiger charge is -2.33. The summed E-state index contributed by atoms with van der Waals surface area (Å²) < 4.78 is 31.3. The molecule has 0 spiro atoms. The summed E-state index contributed by atoms with van der Waals surface area (Å²) in [6, 6.07) is 6.14. The van der Waals surface area contributed by atoms with Gasteiger partial charge < -0.3 is 9.84 Å². The molecule has 0 radical (unpaired) electrons. The third-order valence-electron chi connectivity index (χ3n) is 3.07. The Morgan fingerprint density at radius 1 is 1.35 bits per heavy atom. The van der Waals surface area contributed by atoms with Gasteiger partial charge in [-0.25, -0.2) is 8.42 Å². The number of para-hydroxylation sites is 1. The molecule has 0 aliphatic heterocycles. The molecule has 1 N–H and O–H groups in total. The molecule has 6 nitrogen and oxygen atoms in total. The molecule has 0 aromatic heterocycles. The van der Waals surface area contributed by atoms with E-state index in [1.165, 1.54) is 33.1 Å². The number of carbonyl (C=O) groups is 1. The number of carboxylic acid groups (broad SMARTS) is 1. The van der Waals surface area contributed by atoms with Gasteiger partial charge in [-0.15, -0.1) is 0 Å². The van der Waals surface area contributed by atoms with Crippen LogP contribution in [0.25, 0.3) is 0 Å². The summed E-state index contributed by atoms with van der Waals surface area (Å²) in [6.07, 6.45) is 0. The Labute approximate surface area is 119 Å². The van der Waals surface area contributed by atoms with Crippen LogP contribution in [0.3, 0.4) is 0 Å². The molecule has 0 unspecified atom stereocenters. The molecular weight excluding hydrogens is 282 g/mol. The van der Waals surface area contributed by atoms with Crippen molar-refractivity contribution in [3.05, 3.63) is 24.3 Å². The molecule has 112 valence electrons. The highest BCUT2D eigenvalue weighted by atomic mass is 32.2. The van der Waals surface area contributed by atoms with Crippen molar-refractivity contribution in [1.29, 1.82) is 0 Å². The Kier molecular flexibility index (Phi) is 4.77. The summed E-state index contributed by atoms with van der Waals surface area (Å²) in [5, 5.41) is 9.24. The predicted molar refractivity (Wildman–Crippen MR) is 74.3 cm³/mol. The van der Waals surface area contributed by atoms with Crippen LogP contribution in [-0.4, -0.2) is 43.0 Å². The van der Waals surface area contributed by atoms with E-state index in [4.69, 9.17) is 4.74 Å². The number of sulfonamides is 1. The maximum atomic E-state index is 12.7. The Morgan fingerprint density at radius 2 is 1.90 bits per heavy atom. The van der Waals surface area contributed by atoms with E-state index >= 15 is 0 Å². The van der Waals surface area contributed by atoms with Crippen molar-refractivity contribution in [3.63, 3.8) is 0 Å². The van der Waals surface area contributed by atoms with Gasteiger partial charge in [0, 0.05) is 6.54 Å². The van der Waals surface area contributed by atoms with Crippen LogP contribution in [-0.2, 0) is 14.8 Å². The number of hydrogen-bond donors (Lipinski definition) is 1. The molecule has 0 saturated carbocycles. The number of aliphatic carboxylic acids is 1. The van der Waals surface area contributed by atoms with Gasteiger partial charge in [0.05, 0.1) is 7.11 Å². The zero-order valence-corrected chi connectivity index (χ0v) is 12.8. The number of nitrogens with zero attached hydrogens (tertiary/aromatic N) is 1. The van der Waals surface area contributed by atoms with Crippen LogP contribution in [0.15, 0.2) is 29.2 Å². The fourth-order valence-corrected chi connectivity index (χ4v) is 3.84. The minimum absolute atomic E-state index is 0.0414. The van der Waals surface area contributed by atoms with E-state index in [0.717, 1.165) is 4.31 Å². The normalized spacial score (nSPS) is 12.4. The first kappa shape index (κ1) is 16.5. The van der Waals surface area contributed by atoms with E-state index in [-0.39, 0.29) is 17.2 Å². The van der Waals surface area contributed by atoms with Crippen LogP contribution in [0, 0.1) is 0 Å². The molecule has 1 rings (SSSR count). The van der Waals surface area contributed by atoms with Crippen LogP contribution in [0.2, 0.25) is 0 Å². The minimum atomic E-state index is -3.97. The Bertz CT molecular complexity index is 595. The first-order chi connectivity index (χ1) is 9.19. The summed E-state index contributed by atoms with van der Waals surface area (Å²) in [5.74, 6) is -1.02. The molecule has 1 aromatic carbocycles. The zero-order chi connectivity index (χ0) is 15.6. The average Bonchev–Trinajstić information content (AvgIpc) is 2.38. The van der Waals surface area contributed by atoms with Gasteiger partial charge in [-0.05, 0) is 26.0 Å². The largest absolute Gasteiger partial charge is 0.495 e. The number of rotatable bonds is 6. The molecule has 0 atom stereocenters. The summed E-state index contributed by atoms with van der Waals surface area (Å²) >= 11 is 0. The van der Waals surface area contributed by atoms with Gasteiger partial charge >= 0.3 is 5.97 Å². The molecule has 20 heavy (non-hydrogen) atoms. The van der Waals surface area contributed by atoms with Crippen molar-refractivity contribution in [3.8, 4) is 5.75 Å². The molecule has 1 aromatic rings. The standard InChI is InChI=1S/C13H19NO5S/c1-5-14(13(2,3)12(15)16)20(17,18)11-9-7-6-8-10(11)19-4/h6-9H,5H2,1-4H3,(H,15,16). The number of likely N-dealkylation sites (N-methyl/N-ethyl adjacent to an activating group) is 1.